The van der Waals surface area contributed by atoms with Gasteiger partial charge in [0.1, 0.15) is 5.60 Å². The van der Waals surface area contributed by atoms with Crippen molar-refractivity contribution in [3.8, 4) is 0 Å². The number of ether oxygens (including phenoxy) is 1. The molecule has 3 aliphatic rings. The predicted molar refractivity (Wildman–Crippen MR) is 151 cm³/mol. The highest BCUT2D eigenvalue weighted by Gasteiger charge is 2.38. The molecule has 208 valence electrons. The number of rotatable bonds is 5. The summed E-state index contributed by atoms with van der Waals surface area (Å²) in [5.74, 6) is 0.235. The van der Waals surface area contributed by atoms with E-state index in [2.05, 4.69) is 10.2 Å². The van der Waals surface area contributed by atoms with Crippen molar-refractivity contribution in [2.45, 2.75) is 57.7 Å². The monoisotopic (exact) mass is 552 g/mol. The molecule has 2 aromatic rings. The lowest BCUT2D eigenvalue weighted by atomic mass is 10.0. The van der Waals surface area contributed by atoms with Gasteiger partial charge in [-0.05, 0) is 69.9 Å². The second kappa shape index (κ2) is 11.1. The molecule has 2 aliphatic heterocycles. The van der Waals surface area contributed by atoms with Gasteiger partial charge in [-0.15, -0.1) is 0 Å². The average molecular weight is 553 g/mol. The summed E-state index contributed by atoms with van der Waals surface area (Å²) in [7, 11) is 0. The molecule has 2 unspecified atom stereocenters. The molecule has 0 spiro atoms. The predicted octanol–water partition coefficient (Wildman–Crippen LogP) is 4.88. The summed E-state index contributed by atoms with van der Waals surface area (Å²) in [4.78, 5) is 45.1. The van der Waals surface area contributed by atoms with Crippen LogP contribution in [0.2, 0.25) is 5.02 Å². The van der Waals surface area contributed by atoms with Crippen LogP contribution < -0.4 is 10.2 Å². The van der Waals surface area contributed by atoms with Gasteiger partial charge in [-0.3, -0.25) is 9.59 Å². The lowest BCUT2D eigenvalue weighted by Gasteiger charge is -2.42. The SMILES string of the molecule is CC(C)(C)OC(=O)N1CCN(C(=O)c2ccccc2N2CCC(NC(=O)C3CC3)C2)C(c2cccc(Cl)c2)C1. The highest BCUT2D eigenvalue weighted by Crippen LogP contribution is 2.33. The van der Waals surface area contributed by atoms with E-state index in [1.807, 2.05) is 68.1 Å². The molecule has 2 atom stereocenters. The number of carbonyl (C=O) groups is 3. The minimum atomic E-state index is -0.611. The summed E-state index contributed by atoms with van der Waals surface area (Å²) in [6, 6.07) is 14.8. The third-order valence-electron chi connectivity index (χ3n) is 7.48. The number of amides is 3. The number of nitrogens with one attached hydrogen (secondary N) is 1. The Hall–Kier alpha value is -3.26. The maximum Gasteiger partial charge on any atom is 0.410 e. The van der Waals surface area contributed by atoms with Crippen molar-refractivity contribution in [3.05, 3.63) is 64.7 Å². The number of hydrogen-bond acceptors (Lipinski definition) is 5. The molecule has 39 heavy (non-hydrogen) atoms. The Labute approximate surface area is 235 Å². The average Bonchev–Trinajstić information content (AvgIpc) is 3.66. The molecule has 8 nitrogen and oxygen atoms in total. The Kier molecular flexibility index (Phi) is 7.76. The van der Waals surface area contributed by atoms with E-state index in [4.69, 9.17) is 16.3 Å². The Balaban J connectivity index is 1.37. The van der Waals surface area contributed by atoms with Gasteiger partial charge in [0.05, 0.1) is 11.6 Å². The number of benzene rings is 2. The van der Waals surface area contributed by atoms with Gasteiger partial charge in [-0.2, -0.15) is 0 Å². The summed E-state index contributed by atoms with van der Waals surface area (Å²) in [6.45, 7) is 8.02. The first kappa shape index (κ1) is 27.3. The van der Waals surface area contributed by atoms with Crippen LogP contribution in [0.4, 0.5) is 10.5 Å². The van der Waals surface area contributed by atoms with Crippen molar-refractivity contribution in [1.29, 1.82) is 0 Å². The third-order valence-corrected chi connectivity index (χ3v) is 7.72. The zero-order valence-electron chi connectivity index (χ0n) is 22.9. The van der Waals surface area contributed by atoms with Crippen molar-refractivity contribution < 1.29 is 19.1 Å². The van der Waals surface area contributed by atoms with Crippen LogP contribution in [0, 0.1) is 5.92 Å². The van der Waals surface area contributed by atoms with Gasteiger partial charge in [0.25, 0.3) is 5.91 Å². The van der Waals surface area contributed by atoms with Crippen molar-refractivity contribution in [1.82, 2.24) is 15.1 Å². The summed E-state index contributed by atoms with van der Waals surface area (Å²) in [5.41, 5.74) is 1.74. The van der Waals surface area contributed by atoms with E-state index in [-0.39, 0.29) is 29.8 Å². The molecule has 3 fully saturated rings. The fourth-order valence-electron chi connectivity index (χ4n) is 5.36. The number of hydrogen-bond donors (Lipinski definition) is 1. The zero-order valence-corrected chi connectivity index (χ0v) is 23.6. The Morgan fingerprint density at radius 1 is 0.949 bits per heavy atom. The van der Waals surface area contributed by atoms with Crippen LogP contribution in [0.1, 0.15) is 62.0 Å². The summed E-state index contributed by atoms with van der Waals surface area (Å²) >= 11 is 6.33. The molecule has 2 saturated heterocycles. The van der Waals surface area contributed by atoms with E-state index in [1.54, 1.807) is 11.0 Å². The van der Waals surface area contributed by atoms with Gasteiger partial charge >= 0.3 is 6.09 Å². The molecule has 2 aromatic carbocycles. The van der Waals surface area contributed by atoms with Gasteiger partial charge in [0, 0.05) is 55.4 Å². The molecule has 1 aliphatic carbocycles. The topological polar surface area (TPSA) is 82.2 Å². The summed E-state index contributed by atoms with van der Waals surface area (Å²) < 4.78 is 5.63. The fraction of sp³-hybridized carbons (Fsp3) is 0.500. The molecule has 9 heteroatoms. The first-order valence-electron chi connectivity index (χ1n) is 13.8. The normalized spacial score (nSPS) is 21.6. The minimum absolute atomic E-state index is 0.0813. The molecule has 1 N–H and O–H groups in total. The molecular formula is C30H37ClN4O4. The summed E-state index contributed by atoms with van der Waals surface area (Å²) in [5, 5.41) is 3.76. The lowest BCUT2D eigenvalue weighted by molar-refractivity contribution is -0.122. The van der Waals surface area contributed by atoms with Crippen LogP contribution in [0.3, 0.4) is 0 Å². The zero-order chi connectivity index (χ0) is 27.7. The maximum atomic E-state index is 14.2. The highest BCUT2D eigenvalue weighted by atomic mass is 35.5. The molecule has 5 rings (SSSR count). The Bertz CT molecular complexity index is 1240. The largest absolute Gasteiger partial charge is 0.444 e. The van der Waals surface area contributed by atoms with E-state index >= 15 is 0 Å². The van der Waals surface area contributed by atoms with Crippen LogP contribution >= 0.6 is 11.6 Å². The number of piperazine rings is 1. The molecule has 3 amide bonds. The van der Waals surface area contributed by atoms with Gasteiger partial charge in [0.15, 0.2) is 0 Å². The highest BCUT2D eigenvalue weighted by molar-refractivity contribution is 6.30. The van der Waals surface area contributed by atoms with Crippen LogP contribution in [0.5, 0.6) is 0 Å². The van der Waals surface area contributed by atoms with E-state index in [1.165, 1.54) is 0 Å². The minimum Gasteiger partial charge on any atom is -0.444 e. The van der Waals surface area contributed by atoms with Crippen molar-refractivity contribution in [3.63, 3.8) is 0 Å². The number of para-hydroxylation sites is 1. The first-order chi connectivity index (χ1) is 18.6. The molecule has 1 saturated carbocycles. The molecular weight excluding hydrogens is 516 g/mol. The quantitative estimate of drug-likeness (QED) is 0.572. The van der Waals surface area contributed by atoms with Gasteiger partial charge in [-0.1, -0.05) is 35.9 Å². The van der Waals surface area contributed by atoms with Gasteiger partial charge < -0.3 is 24.8 Å². The van der Waals surface area contributed by atoms with Gasteiger partial charge in [0.2, 0.25) is 5.91 Å². The maximum absolute atomic E-state index is 14.2. The third kappa shape index (κ3) is 6.49. The van der Waals surface area contributed by atoms with Crippen LogP contribution in [0.15, 0.2) is 48.5 Å². The van der Waals surface area contributed by atoms with Gasteiger partial charge in [-0.25, -0.2) is 4.79 Å². The number of carbonyl (C=O) groups excluding carboxylic acids is 3. The Morgan fingerprint density at radius 2 is 1.72 bits per heavy atom. The van der Waals surface area contributed by atoms with Crippen LogP contribution in [0.25, 0.3) is 0 Å². The first-order valence-corrected chi connectivity index (χ1v) is 14.2. The molecule has 2 heterocycles. The molecule has 0 radical (unpaired) electrons. The van der Waals surface area contributed by atoms with E-state index in [9.17, 15) is 14.4 Å². The standard InChI is InChI=1S/C30H37ClN4O4/c1-30(2,3)39-29(38)34-15-16-35(26(19-34)21-7-6-8-22(31)17-21)28(37)24-9-4-5-10-25(24)33-14-13-23(18-33)32-27(36)20-11-12-20/h4-10,17,20,23,26H,11-16,18-19H2,1-3H3,(H,32,36). The lowest BCUT2D eigenvalue weighted by Crippen LogP contribution is -2.53. The second-order valence-corrected chi connectivity index (χ2v) is 12.2. The van der Waals surface area contributed by atoms with E-state index in [0.29, 0.717) is 36.8 Å². The number of halogens is 1. The fourth-order valence-corrected chi connectivity index (χ4v) is 5.56. The van der Waals surface area contributed by atoms with Crippen LogP contribution in [-0.2, 0) is 9.53 Å². The van der Waals surface area contributed by atoms with Crippen molar-refractivity contribution in [2.24, 2.45) is 5.92 Å². The van der Waals surface area contributed by atoms with Crippen LogP contribution in [-0.4, -0.2) is 72.1 Å². The molecule has 0 bridgehead atoms. The second-order valence-electron chi connectivity index (χ2n) is 11.7. The molecule has 0 aromatic heterocycles. The van der Waals surface area contributed by atoms with Crippen molar-refractivity contribution in [2.75, 3.05) is 37.6 Å². The van der Waals surface area contributed by atoms with Crippen molar-refractivity contribution >= 4 is 35.2 Å². The number of nitrogens with zero attached hydrogens (tertiary/aromatic N) is 3. The van der Waals surface area contributed by atoms with E-state index < -0.39 is 11.7 Å². The Morgan fingerprint density at radius 3 is 2.44 bits per heavy atom. The van der Waals surface area contributed by atoms with E-state index in [0.717, 1.165) is 37.1 Å². The smallest absolute Gasteiger partial charge is 0.410 e. The number of anilines is 1. The summed E-state index contributed by atoms with van der Waals surface area (Å²) in [6.07, 6.45) is 2.42.